The van der Waals surface area contributed by atoms with E-state index in [1.165, 1.54) is 22.5 Å². The zero-order valence-electron chi connectivity index (χ0n) is 17.7. The summed E-state index contributed by atoms with van der Waals surface area (Å²) in [4.78, 5) is 2.12. The fourth-order valence-corrected chi connectivity index (χ4v) is 7.75. The maximum absolute atomic E-state index is 13.4. The largest absolute Gasteiger partial charge is 0.366 e. The van der Waals surface area contributed by atoms with Crippen LogP contribution in [0.3, 0.4) is 0 Å². The number of aromatic nitrogens is 2. The summed E-state index contributed by atoms with van der Waals surface area (Å²) >= 11 is 0. The van der Waals surface area contributed by atoms with Crippen molar-refractivity contribution in [2.45, 2.75) is 32.1 Å². The summed E-state index contributed by atoms with van der Waals surface area (Å²) in [7, 11) is -6.56. The molecule has 2 aliphatic heterocycles. The second-order valence-electron chi connectivity index (χ2n) is 8.29. The van der Waals surface area contributed by atoms with Gasteiger partial charge in [0, 0.05) is 26.2 Å². The first kappa shape index (κ1) is 22.2. The number of hydrogen-bond donors (Lipinski definition) is 0. The van der Waals surface area contributed by atoms with Crippen LogP contribution in [0.4, 0.5) is 10.1 Å². The molecule has 8 nitrogen and oxygen atoms in total. The van der Waals surface area contributed by atoms with Crippen LogP contribution in [0.15, 0.2) is 24.3 Å². The fraction of sp³-hybridized carbons (Fsp3) is 0.550. The summed E-state index contributed by atoms with van der Waals surface area (Å²) in [6.45, 7) is 5.53. The Morgan fingerprint density at radius 3 is 2.48 bits per heavy atom. The average Bonchev–Trinajstić information content (AvgIpc) is 3.19. The topological polar surface area (TPSA) is 92.6 Å². The predicted octanol–water partition coefficient (Wildman–Crippen LogP) is 1.65. The molecule has 1 unspecified atom stereocenters. The van der Waals surface area contributed by atoms with E-state index < -0.39 is 25.7 Å². The molecule has 11 heteroatoms. The van der Waals surface area contributed by atoms with Gasteiger partial charge in [0.15, 0.2) is 9.84 Å². The molecule has 3 heterocycles. The highest BCUT2D eigenvalue weighted by Crippen LogP contribution is 2.32. The van der Waals surface area contributed by atoms with Crippen molar-refractivity contribution < 1.29 is 21.2 Å². The van der Waals surface area contributed by atoms with Gasteiger partial charge >= 0.3 is 0 Å². The van der Waals surface area contributed by atoms with E-state index in [9.17, 15) is 21.2 Å². The maximum atomic E-state index is 13.4. The molecule has 1 atom stereocenters. The Hall–Kier alpha value is -1.98. The monoisotopic (exact) mass is 470 g/mol. The molecule has 1 aromatic heterocycles. The number of nitrogens with zero attached hydrogens (tertiary/aromatic N) is 4. The first-order chi connectivity index (χ1) is 14.6. The van der Waals surface area contributed by atoms with Crippen LogP contribution in [-0.2, 0) is 25.6 Å². The van der Waals surface area contributed by atoms with E-state index in [4.69, 9.17) is 0 Å². The van der Waals surface area contributed by atoms with Gasteiger partial charge in [-0.1, -0.05) is 12.1 Å². The number of aryl methyl sites for hydroxylation is 1. The van der Waals surface area contributed by atoms with Gasteiger partial charge in [0.2, 0.25) is 10.0 Å². The van der Waals surface area contributed by atoms with E-state index in [1.54, 1.807) is 6.07 Å². The van der Waals surface area contributed by atoms with E-state index in [0.29, 0.717) is 38.2 Å². The lowest BCUT2D eigenvalue weighted by molar-refractivity contribution is 0.384. The van der Waals surface area contributed by atoms with Crippen LogP contribution in [0.2, 0.25) is 0 Å². The van der Waals surface area contributed by atoms with Crippen LogP contribution in [-0.4, -0.2) is 68.6 Å². The van der Waals surface area contributed by atoms with Crippen LogP contribution in [0.5, 0.6) is 0 Å². The SMILES string of the molecule is Cc1nn(C2CCS(=O)(=O)C2)c(C)c1N1CCN(S(=O)(=O)Cc2cccc(F)c2)CC1. The molecular formula is C20H27FN4O4S2. The number of rotatable bonds is 5. The number of piperazine rings is 1. The van der Waals surface area contributed by atoms with Crippen LogP contribution in [0.1, 0.15) is 29.4 Å². The Morgan fingerprint density at radius 2 is 1.87 bits per heavy atom. The van der Waals surface area contributed by atoms with Crippen molar-refractivity contribution in [3.05, 3.63) is 47.0 Å². The smallest absolute Gasteiger partial charge is 0.218 e. The van der Waals surface area contributed by atoms with Gasteiger partial charge in [-0.25, -0.2) is 21.2 Å². The third-order valence-electron chi connectivity index (χ3n) is 6.03. The second kappa shape index (κ2) is 8.18. The zero-order valence-corrected chi connectivity index (χ0v) is 19.3. The molecule has 2 fully saturated rings. The first-order valence-electron chi connectivity index (χ1n) is 10.3. The van der Waals surface area contributed by atoms with E-state index in [0.717, 1.165) is 17.1 Å². The van der Waals surface area contributed by atoms with Crippen LogP contribution in [0, 0.1) is 19.7 Å². The van der Waals surface area contributed by atoms with Crippen molar-refractivity contribution in [3.8, 4) is 0 Å². The molecule has 2 aromatic rings. The highest BCUT2D eigenvalue weighted by atomic mass is 32.2. The number of anilines is 1. The molecule has 0 amide bonds. The van der Waals surface area contributed by atoms with Gasteiger partial charge in [-0.05, 0) is 38.0 Å². The lowest BCUT2D eigenvalue weighted by Gasteiger charge is -2.35. The van der Waals surface area contributed by atoms with Gasteiger partial charge in [-0.3, -0.25) is 4.68 Å². The number of halogens is 1. The van der Waals surface area contributed by atoms with Crippen LogP contribution in [0.25, 0.3) is 0 Å². The lowest BCUT2D eigenvalue weighted by Crippen LogP contribution is -2.49. The minimum Gasteiger partial charge on any atom is -0.366 e. The molecular weight excluding hydrogens is 443 g/mol. The standard InChI is InChI=1S/C20H27FN4O4S2/c1-15-20(16(2)25(22-15)19-6-11-30(26,27)14-19)23-7-9-24(10-8-23)31(28,29)13-17-4-3-5-18(21)12-17/h3-5,12,19H,6-11,13-14H2,1-2H3. The fourth-order valence-electron chi connectivity index (χ4n) is 4.55. The molecule has 0 aliphatic carbocycles. The van der Waals surface area contributed by atoms with Gasteiger partial charge in [-0.2, -0.15) is 9.40 Å². The maximum Gasteiger partial charge on any atom is 0.218 e. The summed E-state index contributed by atoms with van der Waals surface area (Å²) in [5.74, 6) is -0.375. The molecule has 31 heavy (non-hydrogen) atoms. The summed E-state index contributed by atoms with van der Waals surface area (Å²) in [5, 5.41) is 4.61. The van der Waals surface area contributed by atoms with Crippen molar-refractivity contribution >= 4 is 25.5 Å². The highest BCUT2D eigenvalue weighted by Gasteiger charge is 2.33. The van der Waals surface area contributed by atoms with Crippen LogP contribution < -0.4 is 4.90 Å². The van der Waals surface area contributed by atoms with Crippen molar-refractivity contribution in [1.82, 2.24) is 14.1 Å². The minimum absolute atomic E-state index is 0.112. The van der Waals surface area contributed by atoms with Gasteiger partial charge in [0.05, 0.1) is 40.4 Å². The van der Waals surface area contributed by atoms with E-state index in [2.05, 4.69) is 10.00 Å². The number of benzene rings is 1. The Kier molecular flexibility index (Phi) is 5.86. The summed E-state index contributed by atoms with van der Waals surface area (Å²) in [6.07, 6.45) is 0.565. The summed E-state index contributed by atoms with van der Waals surface area (Å²) < 4.78 is 66.0. The van der Waals surface area contributed by atoms with Crippen molar-refractivity contribution in [3.63, 3.8) is 0 Å². The third-order valence-corrected chi connectivity index (χ3v) is 9.63. The highest BCUT2D eigenvalue weighted by molar-refractivity contribution is 7.91. The molecule has 2 aliphatic rings. The molecule has 0 spiro atoms. The quantitative estimate of drug-likeness (QED) is 0.660. The number of sulfonamides is 1. The average molecular weight is 471 g/mol. The van der Waals surface area contributed by atoms with E-state index in [1.807, 2.05) is 18.5 Å². The molecule has 4 rings (SSSR count). The first-order valence-corrected chi connectivity index (χ1v) is 13.7. The third kappa shape index (κ3) is 4.63. The molecule has 0 bridgehead atoms. The molecule has 0 radical (unpaired) electrons. The van der Waals surface area contributed by atoms with Crippen molar-refractivity contribution in [2.24, 2.45) is 0 Å². The van der Waals surface area contributed by atoms with Gasteiger partial charge in [0.25, 0.3) is 0 Å². The summed E-state index contributed by atoms with van der Waals surface area (Å²) in [5.41, 5.74) is 3.11. The Labute approximate surface area is 182 Å². The van der Waals surface area contributed by atoms with Crippen LogP contribution >= 0.6 is 0 Å². The minimum atomic E-state index is -3.55. The Morgan fingerprint density at radius 1 is 1.16 bits per heavy atom. The molecule has 0 N–H and O–H groups in total. The molecule has 2 saturated heterocycles. The molecule has 0 saturated carbocycles. The Balaban J connectivity index is 1.45. The van der Waals surface area contributed by atoms with Gasteiger partial charge in [-0.15, -0.1) is 0 Å². The van der Waals surface area contributed by atoms with E-state index >= 15 is 0 Å². The number of sulfone groups is 1. The van der Waals surface area contributed by atoms with Gasteiger partial charge in [0.1, 0.15) is 5.82 Å². The molecule has 170 valence electrons. The molecule has 1 aromatic carbocycles. The normalized spacial score (nSPS) is 22.2. The van der Waals surface area contributed by atoms with Crippen molar-refractivity contribution in [2.75, 3.05) is 42.6 Å². The van der Waals surface area contributed by atoms with Gasteiger partial charge < -0.3 is 4.90 Å². The predicted molar refractivity (Wildman–Crippen MR) is 117 cm³/mol. The second-order valence-corrected chi connectivity index (χ2v) is 12.5. The lowest BCUT2D eigenvalue weighted by atomic mass is 10.2. The summed E-state index contributed by atoms with van der Waals surface area (Å²) in [6, 6.07) is 5.52. The Bertz CT molecular complexity index is 1190. The van der Waals surface area contributed by atoms with Crippen molar-refractivity contribution in [1.29, 1.82) is 0 Å². The van der Waals surface area contributed by atoms with E-state index in [-0.39, 0.29) is 23.3 Å². The zero-order chi connectivity index (χ0) is 22.4. The number of hydrogen-bond acceptors (Lipinski definition) is 6.